The quantitative estimate of drug-likeness (QED) is 0.225. The van der Waals surface area contributed by atoms with Crippen LogP contribution in [-0.4, -0.2) is 34.6 Å². The van der Waals surface area contributed by atoms with Gasteiger partial charge in [0.1, 0.15) is 11.0 Å². The van der Waals surface area contributed by atoms with Gasteiger partial charge in [0.15, 0.2) is 0 Å². The second kappa shape index (κ2) is 12.1. The number of thiophene rings is 1. The molecule has 35 heavy (non-hydrogen) atoms. The number of anilines is 1. The Hall–Kier alpha value is -3.75. The maximum Gasteiger partial charge on any atom is 0.341 e. The van der Waals surface area contributed by atoms with Gasteiger partial charge in [-0.05, 0) is 37.1 Å². The van der Waals surface area contributed by atoms with Crippen LogP contribution in [0, 0.1) is 0 Å². The first-order valence-electron chi connectivity index (χ1n) is 11.6. The normalized spacial score (nSPS) is 11.7. The average molecular weight is 489 g/mol. The Kier molecular flexibility index (Phi) is 8.43. The van der Waals surface area contributed by atoms with Crippen molar-refractivity contribution >= 4 is 28.2 Å². The zero-order valence-electron chi connectivity index (χ0n) is 19.5. The summed E-state index contributed by atoms with van der Waals surface area (Å²) in [4.78, 5) is 31.1. The van der Waals surface area contributed by atoms with E-state index in [1.165, 1.54) is 11.3 Å². The van der Waals surface area contributed by atoms with Crippen LogP contribution in [0.1, 0.15) is 35.3 Å². The van der Waals surface area contributed by atoms with Gasteiger partial charge in [-0.2, -0.15) is 0 Å². The predicted octanol–water partition coefficient (Wildman–Crippen LogP) is 5.15. The number of aryl methyl sites for hydroxylation is 1. The predicted molar refractivity (Wildman–Crippen MR) is 138 cm³/mol. The summed E-state index contributed by atoms with van der Waals surface area (Å²) >= 11 is 1.36. The fourth-order valence-electron chi connectivity index (χ4n) is 3.71. The largest absolute Gasteiger partial charge is 0.462 e. The fraction of sp³-hybridized carbons (Fsp3) is 0.222. The lowest BCUT2D eigenvalue weighted by Crippen LogP contribution is -2.34. The van der Waals surface area contributed by atoms with Gasteiger partial charge in [0.05, 0.1) is 18.5 Å². The van der Waals surface area contributed by atoms with Crippen LogP contribution in [0.25, 0.3) is 10.4 Å². The lowest BCUT2D eigenvalue weighted by atomic mass is 10.1. The van der Waals surface area contributed by atoms with Crippen molar-refractivity contribution in [3.63, 3.8) is 0 Å². The van der Waals surface area contributed by atoms with Gasteiger partial charge in [-0.25, -0.2) is 9.78 Å². The van der Waals surface area contributed by atoms with Crippen LogP contribution in [0.4, 0.5) is 5.00 Å². The third kappa shape index (κ3) is 6.44. The molecule has 0 saturated heterocycles. The summed E-state index contributed by atoms with van der Waals surface area (Å²) in [6, 6.07) is 20.6. The lowest BCUT2D eigenvalue weighted by molar-refractivity contribution is -0.118. The lowest BCUT2D eigenvalue weighted by Gasteiger charge is -2.19. The molecular formula is C27H28N4O3S. The Morgan fingerprint density at radius 3 is 2.51 bits per heavy atom. The standard InChI is InChI=1S/C27H28N4O3S/c1-2-34-27(33)22-18-23(20-10-5-3-6-11-20)35-26(22)30-25(32)24(21-12-7-4-8-13-21)29-14-9-16-31-17-15-28-19-31/h3-8,10-13,15,17-19,24,29H,2,9,14,16H2,1H3,(H,30,32)/t24-/m0/s1. The molecule has 0 fully saturated rings. The van der Waals surface area contributed by atoms with E-state index in [1.54, 1.807) is 25.5 Å². The van der Waals surface area contributed by atoms with Crippen LogP contribution >= 0.6 is 11.3 Å². The van der Waals surface area contributed by atoms with Gasteiger partial charge in [-0.1, -0.05) is 60.7 Å². The molecular weight excluding hydrogens is 460 g/mol. The van der Waals surface area contributed by atoms with Crippen molar-refractivity contribution in [2.45, 2.75) is 25.9 Å². The van der Waals surface area contributed by atoms with Gasteiger partial charge in [0, 0.05) is 23.8 Å². The van der Waals surface area contributed by atoms with E-state index in [2.05, 4.69) is 15.6 Å². The number of aromatic nitrogens is 2. The summed E-state index contributed by atoms with van der Waals surface area (Å²) < 4.78 is 7.25. The molecule has 0 unspecified atom stereocenters. The van der Waals surface area contributed by atoms with E-state index in [0.717, 1.165) is 29.0 Å². The molecule has 0 aliphatic rings. The Labute approximate surface area is 208 Å². The smallest absolute Gasteiger partial charge is 0.341 e. The van der Waals surface area contributed by atoms with Crippen LogP contribution in [0.2, 0.25) is 0 Å². The minimum absolute atomic E-state index is 0.231. The maximum absolute atomic E-state index is 13.5. The number of ether oxygens (including phenoxy) is 1. The van der Waals surface area contributed by atoms with E-state index in [4.69, 9.17) is 4.74 Å². The highest BCUT2D eigenvalue weighted by molar-refractivity contribution is 7.20. The summed E-state index contributed by atoms with van der Waals surface area (Å²) in [5.74, 6) is -0.684. The van der Waals surface area contributed by atoms with Crippen molar-refractivity contribution in [3.8, 4) is 10.4 Å². The van der Waals surface area contributed by atoms with Crippen molar-refractivity contribution in [1.82, 2.24) is 14.9 Å². The molecule has 0 aliphatic carbocycles. The van der Waals surface area contributed by atoms with E-state index in [0.29, 0.717) is 17.1 Å². The monoisotopic (exact) mass is 488 g/mol. The van der Waals surface area contributed by atoms with Gasteiger partial charge >= 0.3 is 5.97 Å². The minimum Gasteiger partial charge on any atom is -0.462 e. The number of benzene rings is 2. The molecule has 4 rings (SSSR count). The number of imidazole rings is 1. The third-order valence-electron chi connectivity index (χ3n) is 5.42. The van der Waals surface area contributed by atoms with Crippen molar-refractivity contribution in [1.29, 1.82) is 0 Å². The zero-order chi connectivity index (χ0) is 24.5. The SMILES string of the molecule is CCOC(=O)c1cc(-c2ccccc2)sc1NC(=O)[C@@H](NCCCn1ccnc1)c1ccccc1. The van der Waals surface area contributed by atoms with E-state index < -0.39 is 12.0 Å². The molecule has 0 radical (unpaired) electrons. The van der Waals surface area contributed by atoms with E-state index in [9.17, 15) is 9.59 Å². The second-order valence-corrected chi connectivity index (χ2v) is 8.93. The summed E-state index contributed by atoms with van der Waals surface area (Å²) in [6.45, 7) is 3.46. The molecule has 1 amide bonds. The summed E-state index contributed by atoms with van der Waals surface area (Å²) in [6.07, 6.45) is 6.27. The van der Waals surface area contributed by atoms with Gasteiger partial charge in [-0.3, -0.25) is 4.79 Å². The maximum atomic E-state index is 13.5. The third-order valence-corrected chi connectivity index (χ3v) is 6.52. The second-order valence-electron chi connectivity index (χ2n) is 7.88. The van der Waals surface area contributed by atoms with Gasteiger partial charge in [0.25, 0.3) is 0 Å². The molecule has 180 valence electrons. The molecule has 1 atom stereocenters. The van der Waals surface area contributed by atoms with Crippen LogP contribution in [0.5, 0.6) is 0 Å². The van der Waals surface area contributed by atoms with Gasteiger partial charge in [0.2, 0.25) is 5.91 Å². The summed E-state index contributed by atoms with van der Waals surface area (Å²) in [5, 5.41) is 6.85. The molecule has 0 bridgehead atoms. The van der Waals surface area contributed by atoms with E-state index >= 15 is 0 Å². The number of hydrogen-bond acceptors (Lipinski definition) is 6. The molecule has 4 aromatic rings. The van der Waals surface area contributed by atoms with Crippen LogP contribution in [-0.2, 0) is 16.1 Å². The van der Waals surface area contributed by atoms with Crippen molar-refractivity contribution in [2.24, 2.45) is 0 Å². The molecule has 2 heterocycles. The average Bonchev–Trinajstić information content (AvgIpc) is 3.55. The van der Waals surface area contributed by atoms with Crippen LogP contribution in [0.3, 0.4) is 0 Å². The Morgan fingerprint density at radius 1 is 1.09 bits per heavy atom. The van der Waals surface area contributed by atoms with Gasteiger partial charge in [-0.15, -0.1) is 11.3 Å². The van der Waals surface area contributed by atoms with Gasteiger partial charge < -0.3 is 19.9 Å². The highest BCUT2D eigenvalue weighted by Gasteiger charge is 2.24. The summed E-state index contributed by atoms with van der Waals surface area (Å²) in [7, 11) is 0. The molecule has 0 spiro atoms. The number of esters is 1. The number of hydrogen-bond donors (Lipinski definition) is 2. The molecule has 0 saturated carbocycles. The van der Waals surface area contributed by atoms with Crippen LogP contribution in [0.15, 0.2) is 85.5 Å². The van der Waals surface area contributed by atoms with Crippen molar-refractivity contribution < 1.29 is 14.3 Å². The fourth-order valence-corrected chi connectivity index (χ4v) is 4.76. The number of nitrogens with zero attached hydrogens (tertiary/aromatic N) is 2. The van der Waals surface area contributed by atoms with E-state index in [-0.39, 0.29) is 12.5 Å². The first kappa shape index (κ1) is 24.4. The Morgan fingerprint density at radius 2 is 1.83 bits per heavy atom. The molecule has 0 aliphatic heterocycles. The number of rotatable bonds is 11. The first-order valence-corrected chi connectivity index (χ1v) is 12.4. The molecule has 2 N–H and O–H groups in total. The Balaban J connectivity index is 1.54. The highest BCUT2D eigenvalue weighted by atomic mass is 32.1. The molecule has 7 nitrogen and oxygen atoms in total. The topological polar surface area (TPSA) is 85.2 Å². The number of carbonyl (C=O) groups is 2. The molecule has 8 heteroatoms. The highest BCUT2D eigenvalue weighted by Crippen LogP contribution is 2.36. The van der Waals surface area contributed by atoms with Crippen LogP contribution < -0.4 is 10.6 Å². The van der Waals surface area contributed by atoms with E-state index in [1.807, 2.05) is 71.4 Å². The first-order chi connectivity index (χ1) is 17.2. The Bertz CT molecular complexity index is 1220. The number of carbonyl (C=O) groups excluding carboxylic acids is 2. The molecule has 2 aromatic heterocycles. The zero-order valence-corrected chi connectivity index (χ0v) is 20.3. The number of nitrogens with one attached hydrogen (secondary N) is 2. The number of amides is 1. The molecule has 2 aromatic carbocycles. The minimum atomic E-state index is -0.573. The van der Waals surface area contributed by atoms with Crippen molar-refractivity contribution in [2.75, 3.05) is 18.5 Å². The summed E-state index contributed by atoms with van der Waals surface area (Å²) in [5.41, 5.74) is 2.18. The van der Waals surface area contributed by atoms with Crippen molar-refractivity contribution in [3.05, 3.63) is 96.6 Å².